The molecule has 0 aliphatic heterocycles. The molecule has 0 rings (SSSR count). The van der Waals surface area contributed by atoms with Crippen molar-refractivity contribution in [2.75, 3.05) is 6.61 Å². The maximum absolute atomic E-state index is 10.9. The molecule has 0 aliphatic rings. The van der Waals surface area contributed by atoms with Crippen molar-refractivity contribution in [2.45, 2.75) is 45.1 Å². The van der Waals surface area contributed by atoms with Crippen LogP contribution in [0.1, 0.15) is 39.0 Å². The van der Waals surface area contributed by atoms with Crippen LogP contribution in [-0.4, -0.2) is 28.5 Å². The molecule has 0 radical (unpaired) electrons. The summed E-state index contributed by atoms with van der Waals surface area (Å²) in [6.45, 7) is 5.19. The first-order valence-corrected chi connectivity index (χ1v) is 7.41. The Bertz CT molecular complexity index is 298. The predicted molar refractivity (Wildman–Crippen MR) is 66.8 cm³/mol. The van der Waals surface area contributed by atoms with Gasteiger partial charge in [0.2, 0.25) is 0 Å². The Labute approximate surface area is 107 Å². The van der Waals surface area contributed by atoms with Crippen LogP contribution in [0.25, 0.3) is 0 Å². The van der Waals surface area contributed by atoms with Gasteiger partial charge in [0.25, 0.3) is 0 Å². The van der Waals surface area contributed by atoms with E-state index in [9.17, 15) is 9.36 Å². The van der Waals surface area contributed by atoms with Gasteiger partial charge >= 0.3 is 13.8 Å². The highest BCUT2D eigenvalue weighted by Crippen LogP contribution is 2.35. The molecule has 0 aliphatic carbocycles. The minimum Gasteiger partial charge on any atom is -0.460 e. The molecular weight excluding hydrogens is 259 g/mol. The monoisotopic (exact) mass is 280 g/mol. The summed E-state index contributed by atoms with van der Waals surface area (Å²) >= 11 is 0. The van der Waals surface area contributed by atoms with E-state index in [-0.39, 0.29) is 12.7 Å². The molecule has 0 saturated carbocycles. The first-order valence-electron chi connectivity index (χ1n) is 5.88. The minimum atomic E-state index is -4.32. The molecule has 0 aromatic rings. The zero-order valence-electron chi connectivity index (χ0n) is 10.6. The van der Waals surface area contributed by atoms with Crippen molar-refractivity contribution in [3.05, 3.63) is 12.7 Å². The minimum absolute atomic E-state index is 0.0608. The highest BCUT2D eigenvalue weighted by molar-refractivity contribution is 7.46. The average molecular weight is 280 g/mol. The number of phosphoric acid groups is 1. The topological polar surface area (TPSA) is 93.1 Å². The van der Waals surface area contributed by atoms with Crippen LogP contribution in [0.2, 0.25) is 0 Å². The number of hydrogen-bond donors (Lipinski definition) is 2. The molecular formula is C11H21O6P. The Kier molecular flexibility index (Phi) is 8.93. The van der Waals surface area contributed by atoms with Crippen molar-refractivity contribution < 1.29 is 28.4 Å². The Morgan fingerprint density at radius 2 is 1.94 bits per heavy atom. The first-order chi connectivity index (χ1) is 8.35. The molecule has 0 heterocycles. The number of phosphoric ester groups is 1. The van der Waals surface area contributed by atoms with E-state index in [0.717, 1.165) is 31.8 Å². The summed E-state index contributed by atoms with van der Waals surface area (Å²) in [5.41, 5.74) is 0. The molecule has 2 N–H and O–H groups in total. The second-order valence-corrected chi connectivity index (χ2v) is 5.22. The molecule has 0 fully saturated rings. The maximum Gasteiger partial charge on any atom is 0.469 e. The Hall–Kier alpha value is -0.680. The van der Waals surface area contributed by atoms with E-state index in [0.29, 0.717) is 6.42 Å². The normalized spacial score (nSPS) is 13.1. The number of ether oxygens (including phenoxy) is 1. The van der Waals surface area contributed by atoms with Crippen LogP contribution < -0.4 is 0 Å². The third-order valence-corrected chi connectivity index (χ3v) is 2.77. The summed E-state index contributed by atoms with van der Waals surface area (Å²) in [5.74, 6) is -0.419. The van der Waals surface area contributed by atoms with Crippen molar-refractivity contribution in [1.29, 1.82) is 0 Å². The highest BCUT2D eigenvalue weighted by Gasteiger charge is 2.12. The maximum atomic E-state index is 10.9. The van der Waals surface area contributed by atoms with Gasteiger partial charge in [0.1, 0.15) is 0 Å². The predicted octanol–water partition coefficient (Wildman–Crippen LogP) is 2.16. The molecule has 0 aromatic carbocycles. The molecule has 106 valence electrons. The summed E-state index contributed by atoms with van der Waals surface area (Å²) in [6, 6.07) is 0. The number of esters is 1. The molecule has 0 amide bonds. The number of unbranched alkanes of at least 4 members (excludes halogenated alkanes) is 3. The highest BCUT2D eigenvalue weighted by atomic mass is 31.2. The molecule has 0 aromatic heterocycles. The van der Waals surface area contributed by atoms with Crippen molar-refractivity contribution in [3.63, 3.8) is 0 Å². The quantitative estimate of drug-likeness (QED) is 0.276. The van der Waals surface area contributed by atoms with Crippen LogP contribution in [0.4, 0.5) is 0 Å². The van der Waals surface area contributed by atoms with Gasteiger partial charge in [-0.25, -0.2) is 9.36 Å². The SMILES string of the molecule is C=CC(=O)OC(C)CCCCCCOP(=O)(O)O. The molecule has 6 nitrogen and oxygen atoms in total. The third-order valence-electron chi connectivity index (χ3n) is 2.25. The van der Waals surface area contributed by atoms with E-state index in [1.165, 1.54) is 0 Å². The van der Waals surface area contributed by atoms with E-state index in [1.54, 1.807) is 0 Å². The lowest BCUT2D eigenvalue weighted by Gasteiger charge is -2.11. The Morgan fingerprint density at radius 1 is 1.33 bits per heavy atom. The molecule has 7 heteroatoms. The second kappa shape index (κ2) is 9.28. The van der Waals surface area contributed by atoms with Gasteiger partial charge in [0, 0.05) is 6.08 Å². The van der Waals surface area contributed by atoms with Crippen LogP contribution in [0.3, 0.4) is 0 Å². The molecule has 0 bridgehead atoms. The van der Waals surface area contributed by atoms with Crippen molar-refractivity contribution in [1.82, 2.24) is 0 Å². The number of rotatable bonds is 10. The fourth-order valence-electron chi connectivity index (χ4n) is 1.38. The molecule has 0 spiro atoms. The Balaban J connectivity index is 3.37. The van der Waals surface area contributed by atoms with Crippen LogP contribution in [-0.2, 0) is 18.6 Å². The van der Waals surface area contributed by atoms with Crippen molar-refractivity contribution >= 4 is 13.8 Å². The van der Waals surface area contributed by atoms with E-state index in [2.05, 4.69) is 11.1 Å². The second-order valence-electron chi connectivity index (χ2n) is 3.98. The van der Waals surface area contributed by atoms with Crippen LogP contribution in [0, 0.1) is 0 Å². The van der Waals surface area contributed by atoms with E-state index in [4.69, 9.17) is 14.5 Å². The van der Waals surface area contributed by atoms with Gasteiger partial charge in [-0.1, -0.05) is 19.4 Å². The zero-order valence-corrected chi connectivity index (χ0v) is 11.5. The van der Waals surface area contributed by atoms with Gasteiger partial charge in [-0.2, -0.15) is 0 Å². The van der Waals surface area contributed by atoms with E-state index in [1.807, 2.05) is 6.92 Å². The number of hydrogen-bond acceptors (Lipinski definition) is 4. The summed E-state index contributed by atoms with van der Waals surface area (Å²) in [5, 5.41) is 0. The smallest absolute Gasteiger partial charge is 0.460 e. The lowest BCUT2D eigenvalue weighted by Crippen LogP contribution is -2.12. The average Bonchev–Trinajstić information content (AvgIpc) is 2.26. The summed E-state index contributed by atoms with van der Waals surface area (Å²) in [4.78, 5) is 27.7. The standard InChI is InChI=1S/C11H21O6P/c1-3-11(12)17-10(2)8-6-4-5-7-9-16-18(13,14)15/h3,10H,1,4-9H2,2H3,(H2,13,14,15). The molecule has 1 atom stereocenters. The van der Waals surface area contributed by atoms with Gasteiger partial charge in [-0.3, -0.25) is 4.52 Å². The number of carbonyl (C=O) groups is 1. The summed E-state index contributed by atoms with van der Waals surface area (Å²) in [6.07, 6.45) is 4.98. The lowest BCUT2D eigenvalue weighted by atomic mass is 10.1. The van der Waals surface area contributed by atoms with Gasteiger partial charge in [0.05, 0.1) is 12.7 Å². The molecule has 0 saturated heterocycles. The molecule has 1 unspecified atom stereocenters. The van der Waals surface area contributed by atoms with Crippen molar-refractivity contribution in [2.24, 2.45) is 0 Å². The molecule has 18 heavy (non-hydrogen) atoms. The largest absolute Gasteiger partial charge is 0.469 e. The van der Waals surface area contributed by atoms with Gasteiger partial charge in [-0.05, 0) is 26.2 Å². The number of carbonyl (C=O) groups excluding carboxylic acids is 1. The van der Waals surface area contributed by atoms with Crippen LogP contribution in [0.5, 0.6) is 0 Å². The summed E-state index contributed by atoms with van der Waals surface area (Å²) in [7, 11) is -4.32. The van der Waals surface area contributed by atoms with Gasteiger partial charge in [0.15, 0.2) is 0 Å². The third kappa shape index (κ3) is 11.8. The fourth-order valence-corrected chi connectivity index (χ4v) is 1.74. The summed E-state index contributed by atoms with van der Waals surface area (Å²) < 4.78 is 19.7. The van der Waals surface area contributed by atoms with E-state index < -0.39 is 13.8 Å². The zero-order chi connectivity index (χ0) is 14.0. The lowest BCUT2D eigenvalue weighted by molar-refractivity contribution is -0.142. The van der Waals surface area contributed by atoms with Crippen LogP contribution in [0.15, 0.2) is 12.7 Å². The van der Waals surface area contributed by atoms with Gasteiger partial charge < -0.3 is 14.5 Å². The fraction of sp³-hybridized carbons (Fsp3) is 0.727. The first kappa shape index (κ1) is 17.3. The van der Waals surface area contributed by atoms with Crippen molar-refractivity contribution in [3.8, 4) is 0 Å². The van der Waals surface area contributed by atoms with E-state index >= 15 is 0 Å². The Morgan fingerprint density at radius 3 is 2.50 bits per heavy atom. The van der Waals surface area contributed by atoms with Crippen LogP contribution >= 0.6 is 7.82 Å². The van der Waals surface area contributed by atoms with Gasteiger partial charge in [-0.15, -0.1) is 0 Å².